The Labute approximate surface area is 90.5 Å². The monoisotopic (exact) mass is 201 g/mol. The number of rotatable bonds is 2. The molecule has 1 aromatic carbocycles. The van der Waals surface area contributed by atoms with E-state index >= 15 is 0 Å². The van der Waals surface area contributed by atoms with Crippen LogP contribution in [0.4, 0.5) is 0 Å². The van der Waals surface area contributed by atoms with Gasteiger partial charge in [0.05, 0.1) is 18.6 Å². The van der Waals surface area contributed by atoms with Gasteiger partial charge in [-0.15, -0.1) is 0 Å². The van der Waals surface area contributed by atoms with E-state index in [4.69, 9.17) is 4.74 Å². The van der Waals surface area contributed by atoms with Gasteiger partial charge in [0.1, 0.15) is 5.75 Å². The molecule has 2 heteroatoms. The van der Waals surface area contributed by atoms with Crippen LogP contribution in [0.2, 0.25) is 0 Å². The number of methoxy groups -OCH3 is 1. The largest absolute Gasteiger partial charge is 0.496 e. The van der Waals surface area contributed by atoms with Crippen molar-refractivity contribution in [3.05, 3.63) is 29.3 Å². The Morgan fingerprint density at radius 2 is 2.13 bits per heavy atom. The van der Waals surface area contributed by atoms with Crippen LogP contribution in [0.1, 0.15) is 30.4 Å². The van der Waals surface area contributed by atoms with Crippen molar-refractivity contribution in [2.75, 3.05) is 7.11 Å². The Balaban J connectivity index is 2.38. The average molecular weight is 201 g/mol. The first-order valence-corrected chi connectivity index (χ1v) is 5.28. The minimum Gasteiger partial charge on any atom is -0.496 e. The molecule has 1 fully saturated rings. The van der Waals surface area contributed by atoms with E-state index in [1.165, 1.54) is 6.42 Å². The molecule has 1 aliphatic carbocycles. The van der Waals surface area contributed by atoms with E-state index in [0.717, 1.165) is 29.7 Å². The van der Waals surface area contributed by atoms with Crippen LogP contribution in [0.15, 0.2) is 18.2 Å². The number of ether oxygens (including phenoxy) is 1. The normalized spacial score (nSPS) is 17.7. The third kappa shape index (κ3) is 1.48. The lowest BCUT2D eigenvalue weighted by Gasteiger charge is -2.35. The van der Waals surface area contributed by atoms with E-state index in [0.29, 0.717) is 0 Å². The standard InChI is InChI=1S/C13H15NO/c1-10-8-11(4-5-12(10)15-2)13(9-14)6-3-7-13/h4-5,8H,3,6-7H2,1-2H3. The topological polar surface area (TPSA) is 33.0 Å². The van der Waals surface area contributed by atoms with Gasteiger partial charge in [-0.2, -0.15) is 5.26 Å². The van der Waals surface area contributed by atoms with Crippen molar-refractivity contribution < 1.29 is 4.74 Å². The van der Waals surface area contributed by atoms with E-state index in [1.807, 2.05) is 19.1 Å². The van der Waals surface area contributed by atoms with Crippen LogP contribution < -0.4 is 4.74 Å². The fourth-order valence-electron chi connectivity index (χ4n) is 2.17. The second-order valence-electron chi connectivity index (χ2n) is 4.23. The van der Waals surface area contributed by atoms with Gasteiger partial charge in [-0.1, -0.05) is 12.1 Å². The van der Waals surface area contributed by atoms with Gasteiger partial charge in [-0.3, -0.25) is 0 Å². The molecule has 15 heavy (non-hydrogen) atoms. The van der Waals surface area contributed by atoms with Gasteiger partial charge in [0, 0.05) is 0 Å². The Kier molecular flexibility index (Phi) is 2.40. The molecule has 0 N–H and O–H groups in total. The maximum Gasteiger partial charge on any atom is 0.121 e. The molecule has 0 heterocycles. The molecule has 1 aliphatic rings. The highest BCUT2D eigenvalue weighted by Gasteiger charge is 2.39. The fraction of sp³-hybridized carbons (Fsp3) is 0.462. The SMILES string of the molecule is COc1ccc(C2(C#N)CCC2)cc1C. The van der Waals surface area contributed by atoms with Gasteiger partial charge < -0.3 is 4.74 Å². The summed E-state index contributed by atoms with van der Waals surface area (Å²) in [6.45, 7) is 2.02. The molecule has 0 atom stereocenters. The summed E-state index contributed by atoms with van der Waals surface area (Å²) in [5.74, 6) is 0.895. The highest BCUT2D eigenvalue weighted by Crippen LogP contribution is 2.43. The summed E-state index contributed by atoms with van der Waals surface area (Å²) in [7, 11) is 1.67. The molecule has 0 unspecified atom stereocenters. The molecule has 2 rings (SSSR count). The summed E-state index contributed by atoms with van der Waals surface area (Å²) in [6, 6.07) is 8.52. The smallest absolute Gasteiger partial charge is 0.121 e. The molecule has 0 amide bonds. The maximum atomic E-state index is 9.23. The zero-order valence-corrected chi connectivity index (χ0v) is 9.21. The van der Waals surface area contributed by atoms with Gasteiger partial charge in [0.25, 0.3) is 0 Å². The summed E-state index contributed by atoms with van der Waals surface area (Å²) < 4.78 is 5.22. The molecular formula is C13H15NO. The van der Waals surface area contributed by atoms with Crippen LogP contribution in [-0.2, 0) is 5.41 Å². The van der Waals surface area contributed by atoms with E-state index in [1.54, 1.807) is 7.11 Å². The molecule has 0 aliphatic heterocycles. The van der Waals surface area contributed by atoms with Crippen LogP contribution >= 0.6 is 0 Å². The maximum absolute atomic E-state index is 9.23. The van der Waals surface area contributed by atoms with Crippen LogP contribution in [0.3, 0.4) is 0 Å². The lowest BCUT2D eigenvalue weighted by molar-refractivity contribution is 0.323. The Hall–Kier alpha value is -1.49. The first-order valence-electron chi connectivity index (χ1n) is 5.28. The number of benzene rings is 1. The lowest BCUT2D eigenvalue weighted by atomic mass is 9.65. The number of hydrogen-bond acceptors (Lipinski definition) is 2. The van der Waals surface area contributed by atoms with Crippen molar-refractivity contribution in [2.24, 2.45) is 0 Å². The van der Waals surface area contributed by atoms with Gasteiger partial charge in [-0.25, -0.2) is 0 Å². The zero-order valence-electron chi connectivity index (χ0n) is 9.21. The summed E-state index contributed by atoms with van der Waals surface area (Å²) in [6.07, 6.45) is 3.16. The first-order chi connectivity index (χ1) is 7.22. The van der Waals surface area contributed by atoms with Crippen LogP contribution in [-0.4, -0.2) is 7.11 Å². The Morgan fingerprint density at radius 3 is 2.53 bits per heavy atom. The van der Waals surface area contributed by atoms with Crippen LogP contribution in [0.25, 0.3) is 0 Å². The zero-order chi connectivity index (χ0) is 10.9. The Morgan fingerprint density at radius 1 is 1.40 bits per heavy atom. The van der Waals surface area contributed by atoms with E-state index in [-0.39, 0.29) is 5.41 Å². The van der Waals surface area contributed by atoms with Gasteiger partial charge in [-0.05, 0) is 43.4 Å². The minimum atomic E-state index is -0.211. The lowest BCUT2D eigenvalue weighted by Crippen LogP contribution is -2.32. The van der Waals surface area contributed by atoms with Gasteiger partial charge in [0.2, 0.25) is 0 Å². The van der Waals surface area contributed by atoms with Crippen molar-refractivity contribution in [1.82, 2.24) is 0 Å². The van der Waals surface area contributed by atoms with E-state index in [2.05, 4.69) is 12.1 Å². The summed E-state index contributed by atoms with van der Waals surface area (Å²) >= 11 is 0. The number of nitrogens with zero attached hydrogens (tertiary/aromatic N) is 1. The predicted octanol–water partition coefficient (Wildman–Crippen LogP) is 2.95. The number of hydrogen-bond donors (Lipinski definition) is 0. The third-order valence-corrected chi connectivity index (χ3v) is 3.37. The molecule has 0 aromatic heterocycles. The van der Waals surface area contributed by atoms with Crippen molar-refractivity contribution in [3.63, 3.8) is 0 Å². The molecule has 0 bridgehead atoms. The fourth-order valence-corrected chi connectivity index (χ4v) is 2.17. The van der Waals surface area contributed by atoms with Crippen LogP contribution in [0.5, 0.6) is 5.75 Å². The highest BCUT2D eigenvalue weighted by molar-refractivity contribution is 5.43. The third-order valence-electron chi connectivity index (χ3n) is 3.37. The number of nitriles is 1. The molecule has 1 aromatic rings. The van der Waals surface area contributed by atoms with Crippen molar-refractivity contribution in [2.45, 2.75) is 31.6 Å². The molecule has 1 saturated carbocycles. The second kappa shape index (κ2) is 3.58. The Bertz CT molecular complexity index is 413. The summed E-state index contributed by atoms with van der Waals surface area (Å²) in [5, 5.41) is 9.23. The quantitative estimate of drug-likeness (QED) is 0.737. The molecule has 2 nitrogen and oxygen atoms in total. The van der Waals surface area contributed by atoms with Gasteiger partial charge >= 0.3 is 0 Å². The summed E-state index contributed by atoms with van der Waals surface area (Å²) in [5.41, 5.74) is 2.04. The average Bonchev–Trinajstić information content (AvgIpc) is 2.17. The van der Waals surface area contributed by atoms with E-state index < -0.39 is 0 Å². The molecular weight excluding hydrogens is 186 g/mol. The predicted molar refractivity (Wildman–Crippen MR) is 58.9 cm³/mol. The van der Waals surface area contributed by atoms with Gasteiger partial charge in [0.15, 0.2) is 0 Å². The molecule has 78 valence electrons. The first kappa shape index (κ1) is 10.0. The van der Waals surface area contributed by atoms with Crippen molar-refractivity contribution >= 4 is 0 Å². The molecule has 0 saturated heterocycles. The molecule has 0 radical (unpaired) electrons. The van der Waals surface area contributed by atoms with E-state index in [9.17, 15) is 5.26 Å². The minimum absolute atomic E-state index is 0.211. The van der Waals surface area contributed by atoms with Crippen molar-refractivity contribution in [3.8, 4) is 11.8 Å². The van der Waals surface area contributed by atoms with Crippen molar-refractivity contribution in [1.29, 1.82) is 5.26 Å². The highest BCUT2D eigenvalue weighted by atomic mass is 16.5. The molecule has 0 spiro atoms. The summed E-state index contributed by atoms with van der Waals surface area (Å²) in [4.78, 5) is 0. The second-order valence-corrected chi connectivity index (χ2v) is 4.23. The van der Waals surface area contributed by atoms with Crippen LogP contribution in [0, 0.1) is 18.3 Å². The number of aryl methyl sites for hydroxylation is 1.